The van der Waals surface area contributed by atoms with Crippen LogP contribution < -0.4 is 4.74 Å². The number of ether oxygens (including phenoxy) is 2. The van der Waals surface area contributed by atoms with Gasteiger partial charge in [-0.1, -0.05) is 38.8 Å². The molecule has 0 amide bonds. The average molecular weight is 497 g/mol. The predicted octanol–water partition coefficient (Wildman–Crippen LogP) is 4.98. The fourth-order valence-corrected chi connectivity index (χ4v) is 3.54. The molecule has 8 nitrogen and oxygen atoms in total. The lowest BCUT2D eigenvalue weighted by molar-refractivity contribution is 0.0459. The van der Waals surface area contributed by atoms with E-state index >= 15 is 0 Å². The van der Waals surface area contributed by atoms with E-state index in [1.807, 2.05) is 49.4 Å². The van der Waals surface area contributed by atoms with Gasteiger partial charge in [-0.15, -0.1) is 5.10 Å². The van der Waals surface area contributed by atoms with E-state index < -0.39 is 5.97 Å². The molecule has 0 spiro atoms. The van der Waals surface area contributed by atoms with E-state index in [4.69, 9.17) is 13.9 Å². The number of oxazole rings is 1. The van der Waals surface area contributed by atoms with E-state index in [0.717, 1.165) is 15.7 Å². The molecule has 4 aromatic rings. The second kappa shape index (κ2) is 8.96. The van der Waals surface area contributed by atoms with Gasteiger partial charge in [-0.05, 0) is 51.1 Å². The summed E-state index contributed by atoms with van der Waals surface area (Å²) in [5.41, 5.74) is 3.91. The number of methoxy groups -OCH3 is 1. The lowest BCUT2D eigenvalue weighted by atomic mass is 10.2. The zero-order chi connectivity index (χ0) is 22.8. The Labute approximate surface area is 193 Å². The summed E-state index contributed by atoms with van der Waals surface area (Å²) < 4.78 is 19.1. The third kappa shape index (κ3) is 4.29. The minimum atomic E-state index is -0.579. The molecule has 2 heterocycles. The van der Waals surface area contributed by atoms with Crippen LogP contribution in [0.25, 0.3) is 17.1 Å². The Hall–Kier alpha value is -3.46. The molecule has 0 aliphatic rings. The number of nitrogens with zero attached hydrogens (tertiary/aromatic N) is 4. The standard InChI is InChI=1S/C23H21BrN4O4/c1-13-5-8-17(9-6-13)28-14(2)21(26-27-28)23(29)31-12-19-15(3)32-22(25-19)18-11-16(24)7-10-20(18)30-4/h5-11H,12H2,1-4H3. The molecule has 0 bridgehead atoms. The van der Waals surface area contributed by atoms with E-state index in [-0.39, 0.29) is 12.3 Å². The normalized spacial score (nSPS) is 10.9. The molecule has 0 atom stereocenters. The highest BCUT2D eigenvalue weighted by Crippen LogP contribution is 2.33. The quantitative estimate of drug-likeness (QED) is 0.347. The van der Waals surface area contributed by atoms with Crippen molar-refractivity contribution < 1.29 is 18.7 Å². The number of hydrogen-bond acceptors (Lipinski definition) is 7. The van der Waals surface area contributed by atoms with Crippen LogP contribution in [0.2, 0.25) is 0 Å². The Balaban J connectivity index is 1.51. The number of hydrogen-bond donors (Lipinski definition) is 0. The molecule has 0 aliphatic carbocycles. The Morgan fingerprint density at radius 2 is 1.88 bits per heavy atom. The summed E-state index contributed by atoms with van der Waals surface area (Å²) in [5, 5.41) is 8.10. The molecule has 2 aromatic heterocycles. The molecule has 4 rings (SSSR count). The average Bonchev–Trinajstić information content (AvgIpc) is 3.35. The highest BCUT2D eigenvalue weighted by Gasteiger charge is 2.21. The van der Waals surface area contributed by atoms with Crippen LogP contribution in [-0.4, -0.2) is 33.1 Å². The number of carbonyl (C=O) groups is 1. The van der Waals surface area contributed by atoms with E-state index in [9.17, 15) is 4.79 Å². The van der Waals surface area contributed by atoms with Crippen molar-refractivity contribution in [1.29, 1.82) is 0 Å². The Bertz CT molecular complexity index is 1280. The first-order chi connectivity index (χ1) is 15.4. The van der Waals surface area contributed by atoms with Crippen LogP contribution in [0, 0.1) is 20.8 Å². The van der Waals surface area contributed by atoms with E-state index in [1.165, 1.54) is 0 Å². The van der Waals surface area contributed by atoms with Crippen molar-refractivity contribution >= 4 is 21.9 Å². The van der Waals surface area contributed by atoms with Gasteiger partial charge in [0.1, 0.15) is 23.8 Å². The third-order valence-corrected chi connectivity index (χ3v) is 5.48. The predicted molar refractivity (Wildman–Crippen MR) is 121 cm³/mol. The van der Waals surface area contributed by atoms with Crippen LogP contribution in [0.3, 0.4) is 0 Å². The van der Waals surface area contributed by atoms with Crippen molar-refractivity contribution in [3.8, 4) is 22.9 Å². The van der Waals surface area contributed by atoms with Gasteiger partial charge in [0, 0.05) is 4.47 Å². The number of halogens is 1. The number of rotatable bonds is 6. The van der Waals surface area contributed by atoms with E-state index in [0.29, 0.717) is 34.4 Å². The summed E-state index contributed by atoms with van der Waals surface area (Å²) in [6.45, 7) is 5.49. The Morgan fingerprint density at radius 1 is 1.12 bits per heavy atom. The number of esters is 1. The summed E-state index contributed by atoms with van der Waals surface area (Å²) in [6, 6.07) is 13.3. The summed E-state index contributed by atoms with van der Waals surface area (Å²) in [5.74, 6) is 0.981. The molecule has 2 aromatic carbocycles. The summed E-state index contributed by atoms with van der Waals surface area (Å²) >= 11 is 3.44. The number of benzene rings is 2. The molecule has 0 radical (unpaired) electrons. The number of aryl methyl sites for hydroxylation is 2. The molecular weight excluding hydrogens is 476 g/mol. The van der Waals surface area contributed by atoms with Crippen molar-refractivity contribution in [2.45, 2.75) is 27.4 Å². The first kappa shape index (κ1) is 21.8. The topological polar surface area (TPSA) is 92.3 Å². The Morgan fingerprint density at radius 3 is 2.59 bits per heavy atom. The molecule has 0 N–H and O–H groups in total. The van der Waals surface area contributed by atoms with Crippen LogP contribution in [0.5, 0.6) is 5.75 Å². The second-order valence-corrected chi connectivity index (χ2v) is 8.13. The van der Waals surface area contributed by atoms with Gasteiger partial charge in [0.05, 0.1) is 24.1 Å². The summed E-state index contributed by atoms with van der Waals surface area (Å²) in [7, 11) is 1.58. The fraction of sp³-hybridized carbons (Fsp3) is 0.217. The van der Waals surface area contributed by atoms with Crippen molar-refractivity contribution in [2.24, 2.45) is 0 Å². The van der Waals surface area contributed by atoms with E-state index in [1.54, 1.807) is 25.6 Å². The molecule has 32 heavy (non-hydrogen) atoms. The van der Waals surface area contributed by atoms with Crippen LogP contribution in [0.15, 0.2) is 51.4 Å². The SMILES string of the molecule is COc1ccc(Br)cc1-c1nc(COC(=O)c2nnn(-c3ccc(C)cc3)c2C)c(C)o1. The highest BCUT2D eigenvalue weighted by atomic mass is 79.9. The van der Waals surface area contributed by atoms with Crippen LogP contribution in [-0.2, 0) is 11.3 Å². The summed E-state index contributed by atoms with van der Waals surface area (Å²) in [6.07, 6.45) is 0. The van der Waals surface area contributed by atoms with Crippen molar-refractivity contribution in [3.05, 3.63) is 75.3 Å². The number of carbonyl (C=O) groups excluding carboxylic acids is 1. The van der Waals surface area contributed by atoms with Gasteiger partial charge in [-0.25, -0.2) is 14.5 Å². The first-order valence-corrected chi connectivity index (χ1v) is 10.6. The van der Waals surface area contributed by atoms with Gasteiger partial charge in [0.25, 0.3) is 0 Å². The molecule has 0 aliphatic heterocycles. The fourth-order valence-electron chi connectivity index (χ4n) is 3.18. The molecule has 0 unspecified atom stereocenters. The highest BCUT2D eigenvalue weighted by molar-refractivity contribution is 9.10. The van der Waals surface area contributed by atoms with Gasteiger partial charge in [-0.3, -0.25) is 0 Å². The Kier molecular flexibility index (Phi) is 6.09. The van der Waals surface area contributed by atoms with Gasteiger partial charge < -0.3 is 13.9 Å². The maximum absolute atomic E-state index is 12.6. The zero-order valence-corrected chi connectivity index (χ0v) is 19.6. The molecule has 0 fully saturated rings. The van der Waals surface area contributed by atoms with Crippen molar-refractivity contribution in [1.82, 2.24) is 20.0 Å². The largest absolute Gasteiger partial charge is 0.496 e. The monoisotopic (exact) mass is 496 g/mol. The molecular formula is C23H21BrN4O4. The van der Waals surface area contributed by atoms with E-state index in [2.05, 4.69) is 31.2 Å². The van der Waals surface area contributed by atoms with Gasteiger partial charge in [0.15, 0.2) is 5.69 Å². The third-order valence-electron chi connectivity index (χ3n) is 4.99. The van der Waals surface area contributed by atoms with Crippen LogP contribution >= 0.6 is 15.9 Å². The second-order valence-electron chi connectivity index (χ2n) is 7.21. The molecule has 9 heteroatoms. The summed E-state index contributed by atoms with van der Waals surface area (Å²) in [4.78, 5) is 17.1. The van der Waals surface area contributed by atoms with Crippen molar-refractivity contribution in [2.75, 3.05) is 7.11 Å². The van der Waals surface area contributed by atoms with Crippen LogP contribution in [0.1, 0.15) is 33.2 Å². The van der Waals surface area contributed by atoms with Gasteiger partial charge in [-0.2, -0.15) is 0 Å². The maximum Gasteiger partial charge on any atom is 0.361 e. The van der Waals surface area contributed by atoms with Crippen LogP contribution in [0.4, 0.5) is 0 Å². The maximum atomic E-state index is 12.6. The number of aromatic nitrogens is 4. The molecule has 0 saturated heterocycles. The smallest absolute Gasteiger partial charge is 0.361 e. The lowest BCUT2D eigenvalue weighted by Crippen LogP contribution is -2.09. The van der Waals surface area contributed by atoms with Crippen molar-refractivity contribution in [3.63, 3.8) is 0 Å². The minimum Gasteiger partial charge on any atom is -0.496 e. The van der Waals surface area contributed by atoms with Gasteiger partial charge >= 0.3 is 5.97 Å². The van der Waals surface area contributed by atoms with Gasteiger partial charge in [0.2, 0.25) is 5.89 Å². The molecule has 164 valence electrons. The minimum absolute atomic E-state index is 0.0542. The first-order valence-electron chi connectivity index (χ1n) is 9.84. The molecule has 0 saturated carbocycles. The zero-order valence-electron chi connectivity index (χ0n) is 18.0. The lowest BCUT2D eigenvalue weighted by Gasteiger charge is -2.05.